The highest BCUT2D eigenvalue weighted by Gasteiger charge is 2.31. The topological polar surface area (TPSA) is 29.3 Å². The van der Waals surface area contributed by atoms with E-state index in [-0.39, 0.29) is 6.04 Å². The highest BCUT2D eigenvalue weighted by molar-refractivity contribution is 5.27. The van der Waals surface area contributed by atoms with Gasteiger partial charge in [-0.25, -0.2) is 0 Å². The zero-order valence-corrected chi connectivity index (χ0v) is 12.4. The van der Waals surface area contributed by atoms with Crippen LogP contribution in [0.2, 0.25) is 0 Å². The van der Waals surface area contributed by atoms with Crippen molar-refractivity contribution in [2.24, 2.45) is 11.7 Å². The lowest BCUT2D eigenvalue weighted by molar-refractivity contribution is -0.137. The zero-order valence-electron chi connectivity index (χ0n) is 12.4. The summed E-state index contributed by atoms with van der Waals surface area (Å²) in [5.74, 6) is 0.667. The van der Waals surface area contributed by atoms with Gasteiger partial charge in [0, 0.05) is 6.04 Å². The summed E-state index contributed by atoms with van der Waals surface area (Å²) in [7, 11) is 0. The van der Waals surface area contributed by atoms with Gasteiger partial charge in [-0.05, 0) is 69.4 Å². The van der Waals surface area contributed by atoms with Gasteiger partial charge >= 0.3 is 6.18 Å². The van der Waals surface area contributed by atoms with E-state index < -0.39 is 11.7 Å². The fourth-order valence-electron chi connectivity index (χ4n) is 3.05. The number of piperidine rings is 1. The molecule has 0 spiro atoms. The molecule has 1 aromatic rings. The molecule has 1 heterocycles. The Morgan fingerprint density at radius 1 is 1.29 bits per heavy atom. The van der Waals surface area contributed by atoms with Crippen molar-refractivity contribution in [1.82, 2.24) is 4.90 Å². The first kappa shape index (κ1) is 16.3. The Hall–Kier alpha value is -1.07. The summed E-state index contributed by atoms with van der Waals surface area (Å²) in [5.41, 5.74) is 5.76. The standard InChI is InChI=1S/C16H23F3N2/c1-12(21-9-6-13(5-8-20)7-10-21)14-3-2-4-15(11-14)16(17,18)19/h2-4,11-13H,5-10,20H2,1H3. The van der Waals surface area contributed by atoms with E-state index in [1.165, 1.54) is 12.1 Å². The Labute approximate surface area is 124 Å². The van der Waals surface area contributed by atoms with Crippen molar-refractivity contribution in [2.75, 3.05) is 19.6 Å². The minimum atomic E-state index is -4.27. The molecule has 0 aromatic heterocycles. The molecule has 1 aliphatic rings. The quantitative estimate of drug-likeness (QED) is 0.915. The number of halogens is 3. The maximum absolute atomic E-state index is 12.8. The van der Waals surface area contributed by atoms with Crippen molar-refractivity contribution in [2.45, 2.75) is 38.4 Å². The monoisotopic (exact) mass is 300 g/mol. The van der Waals surface area contributed by atoms with Crippen molar-refractivity contribution in [3.8, 4) is 0 Å². The van der Waals surface area contributed by atoms with Crippen LogP contribution in [0.5, 0.6) is 0 Å². The molecule has 1 fully saturated rings. The van der Waals surface area contributed by atoms with Gasteiger partial charge in [0.25, 0.3) is 0 Å². The highest BCUT2D eigenvalue weighted by Crippen LogP contribution is 2.33. The van der Waals surface area contributed by atoms with E-state index >= 15 is 0 Å². The van der Waals surface area contributed by atoms with Gasteiger partial charge in [-0.3, -0.25) is 4.90 Å². The summed E-state index contributed by atoms with van der Waals surface area (Å²) in [5, 5.41) is 0. The van der Waals surface area contributed by atoms with Crippen LogP contribution >= 0.6 is 0 Å². The van der Waals surface area contributed by atoms with Gasteiger partial charge in [0.15, 0.2) is 0 Å². The second-order valence-electron chi connectivity index (χ2n) is 5.86. The number of hydrogen-bond donors (Lipinski definition) is 1. The van der Waals surface area contributed by atoms with Gasteiger partial charge in [-0.2, -0.15) is 13.2 Å². The molecule has 2 nitrogen and oxygen atoms in total. The molecule has 0 bridgehead atoms. The first-order chi connectivity index (χ1) is 9.91. The number of rotatable bonds is 4. The number of likely N-dealkylation sites (tertiary alicyclic amines) is 1. The van der Waals surface area contributed by atoms with Gasteiger partial charge in [-0.15, -0.1) is 0 Å². The lowest BCUT2D eigenvalue weighted by Crippen LogP contribution is -2.36. The Bertz CT molecular complexity index is 451. The number of nitrogens with two attached hydrogens (primary N) is 1. The molecule has 0 aliphatic carbocycles. The minimum absolute atomic E-state index is 0.0196. The van der Waals surface area contributed by atoms with E-state index in [0.29, 0.717) is 12.5 Å². The normalized spacial score (nSPS) is 19.7. The van der Waals surface area contributed by atoms with Gasteiger partial charge in [0.1, 0.15) is 0 Å². The van der Waals surface area contributed by atoms with Crippen molar-refractivity contribution < 1.29 is 13.2 Å². The van der Waals surface area contributed by atoms with Gasteiger partial charge in [-0.1, -0.05) is 12.1 Å². The average Bonchev–Trinajstić information content (AvgIpc) is 2.47. The number of benzene rings is 1. The molecule has 2 rings (SSSR count). The summed E-state index contributed by atoms with van der Waals surface area (Å²) in [4.78, 5) is 2.27. The SMILES string of the molecule is CC(c1cccc(C(F)(F)F)c1)N1CCC(CCN)CC1. The van der Waals surface area contributed by atoms with E-state index in [4.69, 9.17) is 5.73 Å². The molecule has 1 aromatic carbocycles. The van der Waals surface area contributed by atoms with Gasteiger partial charge < -0.3 is 5.73 Å². The van der Waals surface area contributed by atoms with Crippen LogP contribution in [-0.4, -0.2) is 24.5 Å². The maximum atomic E-state index is 12.8. The molecule has 0 amide bonds. The predicted molar refractivity (Wildman–Crippen MR) is 77.8 cm³/mol. The van der Waals surface area contributed by atoms with Gasteiger partial charge in [0.05, 0.1) is 5.56 Å². The number of hydrogen-bond acceptors (Lipinski definition) is 2. The first-order valence-electron chi connectivity index (χ1n) is 7.53. The maximum Gasteiger partial charge on any atom is 0.416 e. The Balaban J connectivity index is 2.02. The molecule has 21 heavy (non-hydrogen) atoms. The highest BCUT2D eigenvalue weighted by atomic mass is 19.4. The molecular formula is C16H23F3N2. The molecule has 2 N–H and O–H groups in total. The second kappa shape index (κ2) is 6.79. The second-order valence-corrected chi connectivity index (χ2v) is 5.86. The Morgan fingerprint density at radius 3 is 2.52 bits per heavy atom. The van der Waals surface area contributed by atoms with Crippen molar-refractivity contribution in [3.05, 3.63) is 35.4 Å². The Kier molecular flexibility index (Phi) is 5.27. The number of nitrogens with zero attached hydrogens (tertiary/aromatic N) is 1. The zero-order chi connectivity index (χ0) is 15.5. The fraction of sp³-hybridized carbons (Fsp3) is 0.625. The van der Waals surface area contributed by atoms with Crippen LogP contribution in [0.3, 0.4) is 0 Å². The lowest BCUT2D eigenvalue weighted by Gasteiger charge is -2.36. The molecule has 5 heteroatoms. The minimum Gasteiger partial charge on any atom is -0.330 e. The van der Waals surface area contributed by atoms with E-state index in [0.717, 1.165) is 44.0 Å². The largest absolute Gasteiger partial charge is 0.416 e. The van der Waals surface area contributed by atoms with Crippen LogP contribution < -0.4 is 5.73 Å². The summed E-state index contributed by atoms with van der Waals surface area (Å²) in [6.07, 6.45) is -1.06. The van der Waals surface area contributed by atoms with Crippen LogP contribution in [0, 0.1) is 5.92 Å². The van der Waals surface area contributed by atoms with Crippen LogP contribution in [0.25, 0.3) is 0 Å². The molecule has 1 saturated heterocycles. The molecule has 0 saturated carbocycles. The van der Waals surface area contributed by atoms with Crippen LogP contribution in [0.15, 0.2) is 24.3 Å². The molecular weight excluding hydrogens is 277 g/mol. The Morgan fingerprint density at radius 2 is 1.95 bits per heavy atom. The summed E-state index contributed by atoms with van der Waals surface area (Å²) in [6, 6.07) is 5.70. The van der Waals surface area contributed by atoms with E-state index in [9.17, 15) is 13.2 Å². The lowest BCUT2D eigenvalue weighted by atomic mass is 9.92. The van der Waals surface area contributed by atoms with Crippen molar-refractivity contribution in [1.29, 1.82) is 0 Å². The van der Waals surface area contributed by atoms with E-state index in [1.54, 1.807) is 6.07 Å². The molecule has 1 unspecified atom stereocenters. The molecule has 1 aliphatic heterocycles. The van der Waals surface area contributed by atoms with Crippen LogP contribution in [-0.2, 0) is 6.18 Å². The van der Waals surface area contributed by atoms with Gasteiger partial charge in [0.2, 0.25) is 0 Å². The summed E-state index contributed by atoms with van der Waals surface area (Å²) >= 11 is 0. The molecule has 0 radical (unpaired) electrons. The van der Waals surface area contributed by atoms with E-state index in [2.05, 4.69) is 4.90 Å². The van der Waals surface area contributed by atoms with Crippen LogP contribution in [0.4, 0.5) is 13.2 Å². The predicted octanol–water partition coefficient (Wildman–Crippen LogP) is 3.83. The molecule has 118 valence electrons. The van der Waals surface area contributed by atoms with Crippen molar-refractivity contribution in [3.63, 3.8) is 0 Å². The van der Waals surface area contributed by atoms with Crippen molar-refractivity contribution >= 4 is 0 Å². The third kappa shape index (κ3) is 4.20. The third-order valence-electron chi connectivity index (χ3n) is 4.47. The summed E-state index contributed by atoms with van der Waals surface area (Å²) in [6.45, 7) is 4.57. The summed E-state index contributed by atoms with van der Waals surface area (Å²) < 4.78 is 38.4. The van der Waals surface area contributed by atoms with E-state index in [1.807, 2.05) is 6.92 Å². The molecule has 1 atom stereocenters. The average molecular weight is 300 g/mol. The fourth-order valence-corrected chi connectivity index (χ4v) is 3.05. The third-order valence-corrected chi connectivity index (χ3v) is 4.47. The van der Waals surface area contributed by atoms with Crippen LogP contribution in [0.1, 0.15) is 43.4 Å². The smallest absolute Gasteiger partial charge is 0.330 e. The first-order valence-corrected chi connectivity index (χ1v) is 7.53. The number of alkyl halides is 3.